The van der Waals surface area contributed by atoms with Gasteiger partial charge in [-0.05, 0) is 25.3 Å². The number of para-hydroxylation sites is 1. The number of hydrogen-bond acceptors (Lipinski definition) is 8. The van der Waals surface area contributed by atoms with Gasteiger partial charge in [0.15, 0.2) is 5.59 Å². The van der Waals surface area contributed by atoms with Crippen LogP contribution in [0.25, 0.3) is 0 Å². The first-order valence-electron chi connectivity index (χ1n) is 6.57. The zero-order valence-corrected chi connectivity index (χ0v) is 15.5. The van der Waals surface area contributed by atoms with E-state index in [1.165, 1.54) is 24.3 Å². The standard InChI is InChI=1S/C7H10O7P2.C7H8O.Fe/c8-7(15(9,10)11)16(12,13)14-6-4-2-1-3-5-6;8-6-7-4-2-1-3-5-7;/h1-5,7-8H,(H,12,13)(H2,9,10,11);1-5,8H,6H2;/q;;+3/p-3. The summed E-state index contributed by atoms with van der Waals surface area (Å²) in [5.41, 5.74) is -2.12. The minimum absolute atomic E-state index is 0. The average molecular weight is 429 g/mol. The Kier molecular flexibility index (Phi) is 10.5. The summed E-state index contributed by atoms with van der Waals surface area (Å²) in [5, 5.41) is 17.3. The van der Waals surface area contributed by atoms with Gasteiger partial charge in [0, 0.05) is 0 Å². The van der Waals surface area contributed by atoms with Gasteiger partial charge in [-0.15, -0.1) is 0 Å². The molecule has 0 saturated heterocycles. The summed E-state index contributed by atoms with van der Waals surface area (Å²) < 4.78 is 25.7. The molecule has 0 aliphatic carbocycles. The van der Waals surface area contributed by atoms with Crippen LogP contribution in [0, 0.1) is 0 Å². The van der Waals surface area contributed by atoms with Gasteiger partial charge in [0.1, 0.15) is 5.75 Å². The fourth-order valence-electron chi connectivity index (χ4n) is 1.43. The quantitative estimate of drug-likeness (QED) is 0.497. The van der Waals surface area contributed by atoms with Crippen molar-refractivity contribution < 1.29 is 55.6 Å². The van der Waals surface area contributed by atoms with Crippen molar-refractivity contribution in [3.8, 4) is 5.75 Å². The van der Waals surface area contributed by atoms with E-state index in [1.54, 1.807) is 6.07 Å². The minimum atomic E-state index is -5.66. The molecule has 0 heterocycles. The monoisotopic (exact) mass is 429 g/mol. The second kappa shape index (κ2) is 10.9. The maximum Gasteiger partial charge on any atom is 3.00 e. The minimum Gasteiger partial charge on any atom is -0.809 e. The Balaban J connectivity index is 0.000000540. The van der Waals surface area contributed by atoms with Crippen molar-refractivity contribution in [1.29, 1.82) is 0 Å². The van der Waals surface area contributed by atoms with Gasteiger partial charge in [-0.25, -0.2) is 0 Å². The second-order valence-electron chi connectivity index (χ2n) is 4.47. The Bertz CT molecular complexity index is 707. The fourth-order valence-corrected chi connectivity index (χ4v) is 3.47. The summed E-state index contributed by atoms with van der Waals surface area (Å²) in [6.45, 7) is 0.140. The molecule has 2 aromatic rings. The van der Waals surface area contributed by atoms with Crippen LogP contribution in [0.3, 0.4) is 0 Å². The summed E-state index contributed by atoms with van der Waals surface area (Å²) >= 11 is 0. The summed E-state index contributed by atoms with van der Waals surface area (Å²) in [6, 6.07) is 16.4. The largest absolute Gasteiger partial charge is 3.00 e. The van der Waals surface area contributed by atoms with E-state index in [0.29, 0.717) is 0 Å². The number of aliphatic hydroxyl groups excluding tert-OH is 2. The normalized spacial score (nSPS) is 14.1. The van der Waals surface area contributed by atoms with Crippen LogP contribution in [0.1, 0.15) is 5.56 Å². The van der Waals surface area contributed by atoms with Crippen molar-refractivity contribution in [3.05, 3.63) is 66.2 Å². The Hall–Kier alpha value is -0.981. The van der Waals surface area contributed by atoms with Crippen molar-refractivity contribution in [3.63, 3.8) is 0 Å². The molecule has 11 heteroatoms. The molecule has 2 atom stereocenters. The molecular weight excluding hydrogens is 414 g/mol. The topological polar surface area (TPSA) is 153 Å². The molecule has 2 N–H and O–H groups in total. The van der Waals surface area contributed by atoms with Gasteiger partial charge in [0.25, 0.3) is 0 Å². The molecule has 2 unspecified atom stereocenters. The molecule has 2 aromatic carbocycles. The van der Waals surface area contributed by atoms with Gasteiger partial charge >= 0.3 is 17.1 Å². The van der Waals surface area contributed by atoms with E-state index in [4.69, 9.17) is 10.2 Å². The number of rotatable bonds is 5. The molecule has 0 bridgehead atoms. The Morgan fingerprint density at radius 2 is 1.36 bits per heavy atom. The zero-order chi connectivity index (χ0) is 18.2. The average Bonchev–Trinajstić information content (AvgIpc) is 2.55. The summed E-state index contributed by atoms with van der Waals surface area (Å²) in [4.78, 5) is 31.8. The van der Waals surface area contributed by atoms with Crippen molar-refractivity contribution in [2.75, 3.05) is 0 Å². The number of benzene rings is 2. The van der Waals surface area contributed by atoms with E-state index in [9.17, 15) is 23.8 Å². The van der Waals surface area contributed by atoms with E-state index in [1.807, 2.05) is 30.3 Å². The Morgan fingerprint density at radius 1 is 0.920 bits per heavy atom. The number of hydrogen-bond donors (Lipinski definition) is 2. The molecule has 8 nitrogen and oxygen atoms in total. The SMILES string of the molecule is O=P([O-])([O-])C(O)P(=O)([O-])Oc1ccccc1.OCc1ccccc1.[Fe+3]. The van der Waals surface area contributed by atoms with Crippen molar-refractivity contribution in [1.82, 2.24) is 0 Å². The third kappa shape index (κ3) is 8.79. The van der Waals surface area contributed by atoms with E-state index < -0.39 is 20.8 Å². The van der Waals surface area contributed by atoms with Gasteiger partial charge in [-0.1, -0.05) is 48.5 Å². The predicted molar refractivity (Wildman–Crippen MR) is 80.7 cm³/mol. The molecule has 0 amide bonds. The Morgan fingerprint density at radius 3 is 1.72 bits per heavy atom. The summed E-state index contributed by atoms with van der Waals surface area (Å²) in [6.07, 6.45) is 0. The molecule has 0 saturated carbocycles. The first kappa shape index (κ1) is 24.0. The molecular formula is C14H15FeO8P2. The van der Waals surface area contributed by atoms with Gasteiger partial charge in [0.2, 0.25) is 7.60 Å². The molecule has 0 aliphatic heterocycles. The van der Waals surface area contributed by atoms with Crippen LogP contribution in [0.2, 0.25) is 0 Å². The van der Waals surface area contributed by atoms with Crippen LogP contribution in [-0.2, 0) is 32.8 Å². The molecule has 2 rings (SSSR count). The predicted octanol–water partition coefficient (Wildman–Crippen LogP) is -0.0152. The first-order valence-corrected chi connectivity index (χ1v) is 9.79. The van der Waals surface area contributed by atoms with Gasteiger partial charge in [-0.2, -0.15) is 0 Å². The van der Waals surface area contributed by atoms with Crippen LogP contribution in [-0.4, -0.2) is 15.8 Å². The van der Waals surface area contributed by atoms with Crippen molar-refractivity contribution in [2.24, 2.45) is 0 Å². The molecule has 0 fully saturated rings. The van der Waals surface area contributed by atoms with Crippen LogP contribution < -0.4 is 19.2 Å². The van der Waals surface area contributed by atoms with E-state index in [0.717, 1.165) is 5.56 Å². The summed E-state index contributed by atoms with van der Waals surface area (Å²) in [5.74, 6) is -0.187. The molecule has 137 valence electrons. The molecule has 0 aliphatic rings. The number of aliphatic hydroxyl groups is 2. The third-order valence-corrected chi connectivity index (χ3v) is 5.86. The molecule has 25 heavy (non-hydrogen) atoms. The molecule has 1 radical (unpaired) electrons. The van der Waals surface area contributed by atoms with E-state index in [2.05, 4.69) is 4.52 Å². The van der Waals surface area contributed by atoms with Crippen LogP contribution in [0.15, 0.2) is 60.7 Å². The zero-order valence-electron chi connectivity index (χ0n) is 12.6. The first-order chi connectivity index (χ1) is 11.2. The van der Waals surface area contributed by atoms with Crippen LogP contribution in [0.5, 0.6) is 5.75 Å². The van der Waals surface area contributed by atoms with Crippen LogP contribution >= 0.6 is 15.2 Å². The van der Waals surface area contributed by atoms with E-state index in [-0.39, 0.29) is 29.4 Å². The van der Waals surface area contributed by atoms with E-state index >= 15 is 0 Å². The van der Waals surface area contributed by atoms with Crippen molar-refractivity contribution in [2.45, 2.75) is 12.2 Å². The fraction of sp³-hybridized carbons (Fsp3) is 0.143. The summed E-state index contributed by atoms with van der Waals surface area (Å²) in [7, 11) is -10.9. The maximum atomic E-state index is 11.1. The van der Waals surface area contributed by atoms with Gasteiger partial charge in [-0.3, -0.25) is 4.57 Å². The molecule has 0 aromatic heterocycles. The van der Waals surface area contributed by atoms with Crippen LogP contribution in [0.4, 0.5) is 0 Å². The maximum absolute atomic E-state index is 11.1. The van der Waals surface area contributed by atoms with Gasteiger partial charge < -0.3 is 34.0 Å². The van der Waals surface area contributed by atoms with Gasteiger partial charge in [0.05, 0.1) is 6.61 Å². The smallest absolute Gasteiger partial charge is 0.809 e. The Labute approximate surface area is 155 Å². The van der Waals surface area contributed by atoms with Crippen molar-refractivity contribution >= 4 is 15.2 Å². The molecule has 0 spiro atoms. The second-order valence-corrected chi connectivity index (χ2v) is 8.20. The third-order valence-electron chi connectivity index (χ3n) is 2.57.